The summed E-state index contributed by atoms with van der Waals surface area (Å²) in [6.45, 7) is 3.61. The van der Waals surface area contributed by atoms with Crippen LogP contribution in [0.4, 0.5) is 0 Å². The summed E-state index contributed by atoms with van der Waals surface area (Å²) in [5.74, 6) is 0. The van der Waals surface area contributed by atoms with E-state index in [4.69, 9.17) is 0 Å². The zero-order valence-electron chi connectivity index (χ0n) is 8.73. The van der Waals surface area contributed by atoms with E-state index < -0.39 is 5.60 Å². The van der Waals surface area contributed by atoms with E-state index in [2.05, 4.69) is 11.1 Å². The molecule has 0 amide bonds. The van der Waals surface area contributed by atoms with Gasteiger partial charge in [-0.15, -0.1) is 22.7 Å². The molecule has 0 bridgehead atoms. The van der Waals surface area contributed by atoms with Crippen LogP contribution in [0.25, 0.3) is 10.6 Å². The number of nitrogens with zero attached hydrogens (tertiary/aromatic N) is 1. The van der Waals surface area contributed by atoms with Crippen molar-refractivity contribution in [3.8, 4) is 10.6 Å². The van der Waals surface area contributed by atoms with Gasteiger partial charge in [-0.05, 0) is 25.3 Å². The molecular formula is C11H13NOS2. The van der Waals surface area contributed by atoms with Gasteiger partial charge in [-0.1, -0.05) is 6.07 Å². The van der Waals surface area contributed by atoms with E-state index in [1.165, 1.54) is 4.88 Å². The predicted molar refractivity (Wildman–Crippen MR) is 65.4 cm³/mol. The third-order valence-electron chi connectivity index (χ3n) is 1.91. The fourth-order valence-corrected chi connectivity index (χ4v) is 3.08. The van der Waals surface area contributed by atoms with Crippen molar-refractivity contribution >= 4 is 22.7 Å². The summed E-state index contributed by atoms with van der Waals surface area (Å²) in [5, 5.41) is 14.8. The van der Waals surface area contributed by atoms with Crippen molar-refractivity contribution in [2.45, 2.75) is 25.9 Å². The van der Waals surface area contributed by atoms with E-state index in [9.17, 15) is 5.11 Å². The highest BCUT2D eigenvalue weighted by Crippen LogP contribution is 2.27. The van der Waals surface area contributed by atoms with Crippen LogP contribution in [-0.4, -0.2) is 15.7 Å². The largest absolute Gasteiger partial charge is 0.390 e. The fraction of sp³-hybridized carbons (Fsp3) is 0.364. The van der Waals surface area contributed by atoms with Gasteiger partial charge in [0.2, 0.25) is 0 Å². The van der Waals surface area contributed by atoms with Crippen LogP contribution < -0.4 is 0 Å². The van der Waals surface area contributed by atoms with Crippen LogP contribution in [0.2, 0.25) is 0 Å². The lowest BCUT2D eigenvalue weighted by Gasteiger charge is -2.14. The highest BCUT2D eigenvalue weighted by molar-refractivity contribution is 7.14. The Kier molecular flexibility index (Phi) is 2.91. The average Bonchev–Trinajstić information content (AvgIpc) is 2.68. The highest BCUT2D eigenvalue weighted by atomic mass is 32.1. The first-order valence-corrected chi connectivity index (χ1v) is 6.51. The van der Waals surface area contributed by atoms with Gasteiger partial charge in [0.15, 0.2) is 0 Å². The van der Waals surface area contributed by atoms with Crippen LogP contribution >= 0.6 is 22.7 Å². The SMILES string of the molecule is CC(C)(O)Cc1nc(-c2cccs2)cs1. The van der Waals surface area contributed by atoms with Crippen LogP contribution in [0.5, 0.6) is 0 Å². The van der Waals surface area contributed by atoms with E-state index >= 15 is 0 Å². The molecule has 2 aromatic heterocycles. The summed E-state index contributed by atoms with van der Waals surface area (Å²) in [7, 11) is 0. The molecule has 0 atom stereocenters. The maximum Gasteiger partial charge on any atom is 0.0961 e. The van der Waals surface area contributed by atoms with Crippen molar-refractivity contribution in [2.75, 3.05) is 0 Å². The summed E-state index contributed by atoms with van der Waals surface area (Å²) < 4.78 is 0. The Labute approximate surface area is 97.2 Å². The summed E-state index contributed by atoms with van der Waals surface area (Å²) >= 11 is 3.30. The van der Waals surface area contributed by atoms with Crippen molar-refractivity contribution in [1.29, 1.82) is 0 Å². The number of aliphatic hydroxyl groups is 1. The minimum Gasteiger partial charge on any atom is -0.390 e. The topological polar surface area (TPSA) is 33.1 Å². The van der Waals surface area contributed by atoms with E-state index in [-0.39, 0.29) is 0 Å². The first-order valence-electron chi connectivity index (χ1n) is 4.75. The van der Waals surface area contributed by atoms with Crippen molar-refractivity contribution in [3.05, 3.63) is 27.9 Å². The standard InChI is InChI=1S/C11H13NOS2/c1-11(2,13)6-10-12-8(7-15-10)9-4-3-5-14-9/h3-5,7,13H,6H2,1-2H3. The Hall–Kier alpha value is -0.710. The van der Waals surface area contributed by atoms with Crippen molar-refractivity contribution in [1.82, 2.24) is 4.98 Å². The van der Waals surface area contributed by atoms with Crippen LogP contribution in [0, 0.1) is 0 Å². The second-order valence-electron chi connectivity index (χ2n) is 4.09. The number of thiophene rings is 1. The monoisotopic (exact) mass is 239 g/mol. The van der Waals surface area contributed by atoms with Gasteiger partial charge >= 0.3 is 0 Å². The van der Waals surface area contributed by atoms with E-state index in [1.807, 2.05) is 16.8 Å². The fourth-order valence-electron chi connectivity index (χ4n) is 1.30. The van der Waals surface area contributed by atoms with Crippen LogP contribution in [0.1, 0.15) is 18.9 Å². The number of hydrogen-bond acceptors (Lipinski definition) is 4. The number of thiazole rings is 1. The zero-order chi connectivity index (χ0) is 10.9. The molecule has 0 aliphatic heterocycles. The lowest BCUT2D eigenvalue weighted by atomic mass is 10.1. The van der Waals surface area contributed by atoms with Gasteiger partial charge in [0.05, 0.1) is 21.2 Å². The van der Waals surface area contributed by atoms with Gasteiger partial charge in [-0.2, -0.15) is 0 Å². The Bertz CT molecular complexity index is 426. The van der Waals surface area contributed by atoms with E-state index in [1.54, 1.807) is 36.5 Å². The van der Waals surface area contributed by atoms with Gasteiger partial charge in [0, 0.05) is 11.8 Å². The third-order valence-corrected chi connectivity index (χ3v) is 3.65. The maximum absolute atomic E-state index is 9.68. The molecule has 2 heterocycles. The second kappa shape index (κ2) is 4.04. The number of rotatable bonds is 3. The molecule has 0 unspecified atom stereocenters. The summed E-state index contributed by atoms with van der Waals surface area (Å²) in [5.41, 5.74) is 0.346. The van der Waals surface area contributed by atoms with Crippen molar-refractivity contribution < 1.29 is 5.11 Å². The first-order chi connectivity index (χ1) is 7.04. The van der Waals surface area contributed by atoms with Gasteiger partial charge in [0.25, 0.3) is 0 Å². The van der Waals surface area contributed by atoms with Gasteiger partial charge in [-0.3, -0.25) is 0 Å². The molecular weight excluding hydrogens is 226 g/mol. The van der Waals surface area contributed by atoms with Crippen molar-refractivity contribution in [3.63, 3.8) is 0 Å². The first kappa shape index (κ1) is 10.8. The summed E-state index contributed by atoms with van der Waals surface area (Å²) in [6.07, 6.45) is 0.614. The molecule has 80 valence electrons. The molecule has 0 saturated heterocycles. The maximum atomic E-state index is 9.68. The molecule has 1 N–H and O–H groups in total. The molecule has 0 saturated carbocycles. The normalized spacial score (nSPS) is 11.9. The lowest BCUT2D eigenvalue weighted by Crippen LogP contribution is -2.21. The summed E-state index contributed by atoms with van der Waals surface area (Å²) in [6, 6.07) is 4.09. The molecule has 0 aliphatic carbocycles. The smallest absolute Gasteiger partial charge is 0.0961 e. The molecule has 0 spiro atoms. The van der Waals surface area contributed by atoms with E-state index in [0.717, 1.165) is 10.7 Å². The Morgan fingerprint density at radius 2 is 2.20 bits per heavy atom. The number of hydrogen-bond donors (Lipinski definition) is 1. The third kappa shape index (κ3) is 2.87. The molecule has 0 aliphatic rings. The summed E-state index contributed by atoms with van der Waals surface area (Å²) in [4.78, 5) is 5.70. The number of aromatic nitrogens is 1. The second-order valence-corrected chi connectivity index (χ2v) is 5.98. The molecule has 4 heteroatoms. The Morgan fingerprint density at radius 1 is 1.40 bits per heavy atom. The van der Waals surface area contributed by atoms with Crippen LogP contribution in [-0.2, 0) is 6.42 Å². The minimum absolute atomic E-state index is 0.614. The lowest BCUT2D eigenvalue weighted by molar-refractivity contribution is 0.0809. The quantitative estimate of drug-likeness (QED) is 0.892. The molecule has 0 radical (unpaired) electrons. The highest BCUT2D eigenvalue weighted by Gasteiger charge is 2.16. The Balaban J connectivity index is 2.18. The zero-order valence-corrected chi connectivity index (χ0v) is 10.4. The molecule has 2 nitrogen and oxygen atoms in total. The van der Waals surface area contributed by atoms with Crippen LogP contribution in [0.3, 0.4) is 0 Å². The van der Waals surface area contributed by atoms with Crippen molar-refractivity contribution in [2.24, 2.45) is 0 Å². The average molecular weight is 239 g/mol. The molecule has 2 rings (SSSR count). The molecule has 0 aromatic carbocycles. The molecule has 0 fully saturated rings. The van der Waals surface area contributed by atoms with Gasteiger partial charge < -0.3 is 5.11 Å². The molecule has 2 aromatic rings. The van der Waals surface area contributed by atoms with Gasteiger partial charge in [0.1, 0.15) is 0 Å². The molecule has 15 heavy (non-hydrogen) atoms. The van der Waals surface area contributed by atoms with Crippen LogP contribution in [0.15, 0.2) is 22.9 Å². The van der Waals surface area contributed by atoms with Gasteiger partial charge in [-0.25, -0.2) is 4.98 Å². The minimum atomic E-state index is -0.676. The van der Waals surface area contributed by atoms with E-state index in [0.29, 0.717) is 6.42 Å². The Morgan fingerprint density at radius 3 is 2.80 bits per heavy atom. The predicted octanol–water partition coefficient (Wildman–Crippen LogP) is 3.19.